The van der Waals surface area contributed by atoms with Crippen LogP contribution in [0.2, 0.25) is 0 Å². The van der Waals surface area contributed by atoms with Gasteiger partial charge in [-0.15, -0.1) is 0 Å². The molecule has 3 heteroatoms. The summed E-state index contributed by atoms with van der Waals surface area (Å²) in [5.74, 6) is 0.582. The molecule has 1 aromatic rings. The van der Waals surface area contributed by atoms with Crippen molar-refractivity contribution in [2.45, 2.75) is 52.5 Å². The van der Waals surface area contributed by atoms with Crippen molar-refractivity contribution in [3.63, 3.8) is 0 Å². The first-order chi connectivity index (χ1) is 10.1. The molecule has 0 spiro atoms. The van der Waals surface area contributed by atoms with Crippen molar-refractivity contribution in [1.82, 2.24) is 5.32 Å². The first kappa shape index (κ1) is 16.3. The Labute approximate surface area is 128 Å². The zero-order chi connectivity index (χ0) is 15.2. The second kappa shape index (κ2) is 7.79. The Morgan fingerprint density at radius 1 is 1.43 bits per heavy atom. The number of hydrogen-bond donors (Lipinski definition) is 1. The van der Waals surface area contributed by atoms with Gasteiger partial charge in [0, 0.05) is 19.1 Å². The first-order valence-corrected chi connectivity index (χ1v) is 8.39. The van der Waals surface area contributed by atoms with Gasteiger partial charge in [0.1, 0.15) is 5.82 Å². The molecule has 2 rings (SSSR count). The Morgan fingerprint density at radius 3 is 2.90 bits per heavy atom. The number of halogens is 1. The summed E-state index contributed by atoms with van der Waals surface area (Å²) in [5, 5.41) is 3.45. The lowest BCUT2D eigenvalue weighted by atomic mass is 9.99. The second-order valence-corrected chi connectivity index (χ2v) is 6.43. The van der Waals surface area contributed by atoms with Crippen LogP contribution in [-0.4, -0.2) is 19.6 Å². The van der Waals surface area contributed by atoms with Gasteiger partial charge in [-0.05, 0) is 56.3 Å². The van der Waals surface area contributed by atoms with Crippen LogP contribution in [0, 0.1) is 11.7 Å². The minimum Gasteiger partial charge on any atom is -0.369 e. The summed E-state index contributed by atoms with van der Waals surface area (Å²) in [7, 11) is 0. The smallest absolute Gasteiger partial charge is 0.146 e. The van der Waals surface area contributed by atoms with E-state index in [0.717, 1.165) is 43.7 Å². The van der Waals surface area contributed by atoms with Crippen molar-refractivity contribution in [1.29, 1.82) is 0 Å². The monoisotopic (exact) mass is 292 g/mol. The molecule has 0 amide bonds. The minimum atomic E-state index is -0.0780. The Morgan fingerprint density at radius 2 is 2.24 bits per heavy atom. The van der Waals surface area contributed by atoms with Crippen molar-refractivity contribution in [2.24, 2.45) is 5.92 Å². The summed E-state index contributed by atoms with van der Waals surface area (Å²) in [6.07, 6.45) is 4.77. The SMILES string of the molecule is CCCCN[C@@H](C)c1ccc(N2CCC[C@H](C)C2)c(F)c1. The molecule has 1 heterocycles. The molecule has 2 atom stereocenters. The van der Waals surface area contributed by atoms with Crippen LogP contribution in [0.15, 0.2) is 18.2 Å². The largest absolute Gasteiger partial charge is 0.369 e. The molecule has 1 fully saturated rings. The lowest BCUT2D eigenvalue weighted by Crippen LogP contribution is -2.34. The fraction of sp³-hybridized carbons (Fsp3) is 0.667. The van der Waals surface area contributed by atoms with Crippen molar-refractivity contribution < 1.29 is 4.39 Å². The normalized spacial score (nSPS) is 20.6. The predicted molar refractivity (Wildman–Crippen MR) is 88.3 cm³/mol. The fourth-order valence-electron chi connectivity index (χ4n) is 3.07. The first-order valence-electron chi connectivity index (χ1n) is 8.39. The van der Waals surface area contributed by atoms with Gasteiger partial charge in [-0.25, -0.2) is 4.39 Å². The van der Waals surface area contributed by atoms with Gasteiger partial charge in [-0.1, -0.05) is 26.3 Å². The van der Waals surface area contributed by atoms with E-state index < -0.39 is 0 Å². The maximum Gasteiger partial charge on any atom is 0.146 e. The van der Waals surface area contributed by atoms with Crippen LogP contribution in [0.3, 0.4) is 0 Å². The number of unbranched alkanes of at least 4 members (excludes halogenated alkanes) is 1. The van der Waals surface area contributed by atoms with E-state index in [9.17, 15) is 4.39 Å². The van der Waals surface area contributed by atoms with Gasteiger partial charge in [0.2, 0.25) is 0 Å². The third-order valence-corrected chi connectivity index (χ3v) is 4.45. The van der Waals surface area contributed by atoms with E-state index in [1.54, 1.807) is 6.07 Å². The molecule has 2 nitrogen and oxygen atoms in total. The lowest BCUT2D eigenvalue weighted by Gasteiger charge is -2.33. The van der Waals surface area contributed by atoms with Gasteiger partial charge in [-0.2, -0.15) is 0 Å². The van der Waals surface area contributed by atoms with Gasteiger partial charge in [-0.3, -0.25) is 0 Å². The molecule has 1 aromatic carbocycles. The molecule has 1 aliphatic heterocycles. The molecule has 1 N–H and O–H groups in total. The Balaban J connectivity index is 2.02. The van der Waals surface area contributed by atoms with Crippen LogP contribution >= 0.6 is 0 Å². The Hall–Kier alpha value is -1.09. The summed E-state index contributed by atoms with van der Waals surface area (Å²) < 4.78 is 14.4. The maximum absolute atomic E-state index is 14.4. The van der Waals surface area contributed by atoms with Crippen molar-refractivity contribution >= 4 is 5.69 Å². The zero-order valence-electron chi connectivity index (χ0n) is 13.7. The van der Waals surface area contributed by atoms with Crippen LogP contribution in [0.1, 0.15) is 58.1 Å². The highest BCUT2D eigenvalue weighted by molar-refractivity contribution is 5.50. The van der Waals surface area contributed by atoms with Crippen LogP contribution in [0.4, 0.5) is 10.1 Å². The number of rotatable bonds is 6. The summed E-state index contributed by atoms with van der Waals surface area (Å²) in [6.45, 7) is 9.47. The van der Waals surface area contributed by atoms with Crippen molar-refractivity contribution in [3.05, 3.63) is 29.6 Å². The molecule has 0 radical (unpaired) electrons. The van der Waals surface area contributed by atoms with Gasteiger partial charge in [0.25, 0.3) is 0 Å². The third kappa shape index (κ3) is 4.44. The molecule has 0 aliphatic carbocycles. The van der Waals surface area contributed by atoms with Crippen molar-refractivity contribution in [2.75, 3.05) is 24.5 Å². The van der Waals surface area contributed by atoms with E-state index in [-0.39, 0.29) is 11.9 Å². The summed E-state index contributed by atoms with van der Waals surface area (Å²) >= 11 is 0. The Bertz CT molecular complexity index is 447. The third-order valence-electron chi connectivity index (χ3n) is 4.45. The molecule has 0 aromatic heterocycles. The number of piperidine rings is 1. The Kier molecular flexibility index (Phi) is 6.04. The molecule has 0 bridgehead atoms. The van der Waals surface area contributed by atoms with Crippen LogP contribution in [0.5, 0.6) is 0 Å². The summed E-state index contributed by atoms with van der Waals surface area (Å²) in [6, 6.07) is 5.95. The van der Waals surface area contributed by atoms with E-state index in [1.807, 2.05) is 6.07 Å². The summed E-state index contributed by atoms with van der Waals surface area (Å²) in [4.78, 5) is 2.20. The quantitative estimate of drug-likeness (QED) is 0.776. The summed E-state index contributed by atoms with van der Waals surface area (Å²) in [5.41, 5.74) is 1.81. The number of hydrogen-bond acceptors (Lipinski definition) is 2. The van der Waals surface area contributed by atoms with Gasteiger partial charge in [0.15, 0.2) is 0 Å². The van der Waals surface area contributed by atoms with Gasteiger partial charge >= 0.3 is 0 Å². The predicted octanol–water partition coefficient (Wildman–Crippen LogP) is 4.51. The highest BCUT2D eigenvalue weighted by Gasteiger charge is 2.19. The lowest BCUT2D eigenvalue weighted by molar-refractivity contribution is 0.442. The van der Waals surface area contributed by atoms with Gasteiger partial charge in [0.05, 0.1) is 5.69 Å². The maximum atomic E-state index is 14.4. The molecule has 1 saturated heterocycles. The molecule has 21 heavy (non-hydrogen) atoms. The van der Waals surface area contributed by atoms with Crippen LogP contribution < -0.4 is 10.2 Å². The number of anilines is 1. The van der Waals surface area contributed by atoms with E-state index in [1.165, 1.54) is 12.8 Å². The zero-order valence-corrected chi connectivity index (χ0v) is 13.7. The van der Waals surface area contributed by atoms with E-state index >= 15 is 0 Å². The molecule has 0 unspecified atom stereocenters. The molecule has 118 valence electrons. The topological polar surface area (TPSA) is 15.3 Å². The van der Waals surface area contributed by atoms with Gasteiger partial charge < -0.3 is 10.2 Å². The van der Waals surface area contributed by atoms with E-state index in [2.05, 4.69) is 37.1 Å². The van der Waals surface area contributed by atoms with Crippen LogP contribution in [0.25, 0.3) is 0 Å². The van der Waals surface area contributed by atoms with Crippen LogP contribution in [-0.2, 0) is 0 Å². The highest BCUT2D eigenvalue weighted by Crippen LogP contribution is 2.27. The second-order valence-electron chi connectivity index (χ2n) is 6.43. The van der Waals surface area contributed by atoms with E-state index in [4.69, 9.17) is 0 Å². The average molecular weight is 292 g/mol. The van der Waals surface area contributed by atoms with E-state index in [0.29, 0.717) is 5.92 Å². The number of nitrogens with one attached hydrogen (secondary N) is 1. The molecule has 0 saturated carbocycles. The molecular weight excluding hydrogens is 263 g/mol. The standard InChI is InChI=1S/C18H29FN2/c1-4-5-10-20-15(3)16-8-9-18(17(19)12-16)21-11-6-7-14(2)13-21/h8-9,12,14-15,20H,4-7,10-11,13H2,1-3H3/t14-,15-/m0/s1. The molecular formula is C18H29FN2. The highest BCUT2D eigenvalue weighted by atomic mass is 19.1. The average Bonchev–Trinajstić information content (AvgIpc) is 2.47. The fourth-order valence-corrected chi connectivity index (χ4v) is 3.07. The minimum absolute atomic E-state index is 0.0780. The number of benzene rings is 1. The van der Waals surface area contributed by atoms with Crippen molar-refractivity contribution in [3.8, 4) is 0 Å². The molecule has 1 aliphatic rings. The number of nitrogens with zero attached hydrogens (tertiary/aromatic N) is 1.